The van der Waals surface area contributed by atoms with Gasteiger partial charge in [0.2, 0.25) is 11.7 Å². The average Bonchev–Trinajstić information content (AvgIpc) is 2.53. The summed E-state index contributed by atoms with van der Waals surface area (Å²) in [5.74, 6) is -11.3. The maximum Gasteiger partial charge on any atom is 0.242 e. The summed E-state index contributed by atoms with van der Waals surface area (Å²) in [5.41, 5.74) is 3.90. The molecule has 3 nitrogen and oxygen atoms in total. The predicted molar refractivity (Wildman–Crippen MR) is 72.9 cm³/mol. The molecule has 0 aromatic heterocycles. The number of amides is 1. The van der Waals surface area contributed by atoms with Crippen LogP contribution in [0, 0.1) is 36.0 Å². The van der Waals surface area contributed by atoms with Crippen molar-refractivity contribution in [1.29, 1.82) is 0 Å². The van der Waals surface area contributed by atoms with E-state index in [-0.39, 0.29) is 6.42 Å². The van der Waals surface area contributed by atoms with Crippen LogP contribution < -0.4 is 10.9 Å². The molecule has 0 unspecified atom stereocenters. The van der Waals surface area contributed by atoms with Crippen LogP contribution in [0.1, 0.15) is 11.1 Å². The van der Waals surface area contributed by atoms with Crippen LogP contribution >= 0.6 is 0 Å². The molecule has 23 heavy (non-hydrogen) atoms. The predicted octanol–water partition coefficient (Wildman–Crippen LogP) is 3.38. The van der Waals surface area contributed by atoms with Crippen LogP contribution in [0.3, 0.4) is 0 Å². The summed E-state index contributed by atoms with van der Waals surface area (Å²) in [5, 5.41) is 0. The van der Waals surface area contributed by atoms with Crippen LogP contribution in [0.5, 0.6) is 0 Å². The van der Waals surface area contributed by atoms with Gasteiger partial charge in [0.05, 0.1) is 6.42 Å². The number of nitrogens with one attached hydrogen (secondary N) is 2. The quantitative estimate of drug-likeness (QED) is 0.391. The number of anilines is 1. The molecule has 2 aromatic rings. The van der Waals surface area contributed by atoms with Gasteiger partial charge in [0.1, 0.15) is 5.69 Å². The molecule has 0 atom stereocenters. The van der Waals surface area contributed by atoms with E-state index in [1.54, 1.807) is 29.7 Å². The van der Waals surface area contributed by atoms with Crippen molar-refractivity contribution in [3.8, 4) is 0 Å². The van der Waals surface area contributed by atoms with Crippen molar-refractivity contribution < 1.29 is 26.7 Å². The van der Waals surface area contributed by atoms with Crippen LogP contribution in [0.25, 0.3) is 0 Å². The minimum atomic E-state index is -2.27. The number of carbonyl (C=O) groups excluding carboxylic acids is 1. The molecule has 0 saturated heterocycles. The molecule has 0 aliphatic rings. The molecule has 0 aliphatic heterocycles. The second-order valence-electron chi connectivity index (χ2n) is 4.78. The summed E-state index contributed by atoms with van der Waals surface area (Å²) in [6, 6.07) is 6.88. The second kappa shape index (κ2) is 6.64. The SMILES string of the molecule is Cc1ccc(CC(=O)NNc2c(F)c(F)c(F)c(F)c2F)cc1. The topological polar surface area (TPSA) is 41.1 Å². The van der Waals surface area contributed by atoms with E-state index in [0.717, 1.165) is 5.56 Å². The van der Waals surface area contributed by atoms with Crippen molar-refractivity contribution in [2.45, 2.75) is 13.3 Å². The van der Waals surface area contributed by atoms with Gasteiger partial charge in [-0.3, -0.25) is 15.6 Å². The highest BCUT2D eigenvalue weighted by Gasteiger charge is 2.25. The molecular formula is C15H11F5N2O. The second-order valence-corrected chi connectivity index (χ2v) is 4.78. The zero-order chi connectivity index (χ0) is 17.1. The fourth-order valence-corrected chi connectivity index (χ4v) is 1.78. The smallest absolute Gasteiger partial charge is 0.242 e. The molecule has 0 saturated carbocycles. The van der Waals surface area contributed by atoms with Gasteiger partial charge >= 0.3 is 0 Å². The summed E-state index contributed by atoms with van der Waals surface area (Å²) in [6.45, 7) is 1.86. The van der Waals surface area contributed by atoms with E-state index in [1.165, 1.54) is 0 Å². The number of carbonyl (C=O) groups is 1. The highest BCUT2D eigenvalue weighted by molar-refractivity contribution is 5.79. The summed E-state index contributed by atoms with van der Waals surface area (Å²) in [6.07, 6.45) is -0.136. The van der Waals surface area contributed by atoms with E-state index in [0.29, 0.717) is 5.56 Å². The molecule has 0 aliphatic carbocycles. The van der Waals surface area contributed by atoms with E-state index >= 15 is 0 Å². The molecule has 0 bridgehead atoms. The van der Waals surface area contributed by atoms with E-state index in [2.05, 4.69) is 0 Å². The molecule has 8 heteroatoms. The van der Waals surface area contributed by atoms with Crippen LogP contribution in [0.15, 0.2) is 24.3 Å². The Balaban J connectivity index is 2.09. The summed E-state index contributed by atoms with van der Waals surface area (Å²) in [7, 11) is 0. The zero-order valence-corrected chi connectivity index (χ0v) is 11.8. The van der Waals surface area contributed by atoms with Gasteiger partial charge in [0.15, 0.2) is 23.3 Å². The van der Waals surface area contributed by atoms with E-state index in [9.17, 15) is 26.7 Å². The lowest BCUT2D eigenvalue weighted by molar-refractivity contribution is -0.119. The van der Waals surface area contributed by atoms with Gasteiger partial charge in [0, 0.05) is 0 Å². The Labute approximate surface area is 128 Å². The minimum absolute atomic E-state index is 0.136. The third kappa shape index (κ3) is 3.58. The van der Waals surface area contributed by atoms with Crippen LogP contribution in [0.4, 0.5) is 27.6 Å². The van der Waals surface area contributed by atoms with Gasteiger partial charge in [0.25, 0.3) is 0 Å². The number of halogens is 5. The zero-order valence-electron chi connectivity index (χ0n) is 11.8. The molecule has 2 aromatic carbocycles. The standard InChI is InChI=1S/C15H11F5N2O/c1-7-2-4-8(5-3-7)6-9(23)21-22-15-13(19)11(17)10(16)12(18)14(15)20/h2-5,22H,6H2,1H3,(H,21,23). The van der Waals surface area contributed by atoms with Crippen molar-refractivity contribution in [1.82, 2.24) is 5.43 Å². The molecule has 0 spiro atoms. The number of aryl methyl sites for hydroxylation is 1. The Kier molecular flexibility index (Phi) is 4.83. The molecule has 0 radical (unpaired) electrons. The van der Waals surface area contributed by atoms with Crippen molar-refractivity contribution in [3.63, 3.8) is 0 Å². The molecule has 0 fully saturated rings. The Morgan fingerprint density at radius 2 is 1.35 bits per heavy atom. The van der Waals surface area contributed by atoms with Crippen LogP contribution in [-0.2, 0) is 11.2 Å². The maximum absolute atomic E-state index is 13.4. The Morgan fingerprint density at radius 1 is 0.870 bits per heavy atom. The first-order chi connectivity index (χ1) is 10.8. The molecule has 0 heterocycles. The maximum atomic E-state index is 13.4. The number of hydrogen-bond acceptors (Lipinski definition) is 2. The van der Waals surface area contributed by atoms with Gasteiger partial charge in [-0.05, 0) is 12.5 Å². The third-order valence-corrected chi connectivity index (χ3v) is 3.02. The Morgan fingerprint density at radius 3 is 1.87 bits per heavy atom. The first kappa shape index (κ1) is 16.7. The van der Waals surface area contributed by atoms with Crippen molar-refractivity contribution in [2.24, 2.45) is 0 Å². The molecule has 122 valence electrons. The minimum Gasteiger partial charge on any atom is -0.293 e. The lowest BCUT2D eigenvalue weighted by atomic mass is 10.1. The van der Waals surface area contributed by atoms with Gasteiger partial charge in [-0.2, -0.15) is 0 Å². The normalized spacial score (nSPS) is 10.5. The van der Waals surface area contributed by atoms with Gasteiger partial charge in [-0.15, -0.1) is 0 Å². The molecule has 2 rings (SSSR count). The largest absolute Gasteiger partial charge is 0.293 e. The van der Waals surface area contributed by atoms with Gasteiger partial charge in [-0.25, -0.2) is 22.0 Å². The third-order valence-electron chi connectivity index (χ3n) is 3.02. The number of benzene rings is 2. The summed E-state index contributed by atoms with van der Waals surface area (Å²) in [4.78, 5) is 11.7. The van der Waals surface area contributed by atoms with Crippen molar-refractivity contribution in [3.05, 3.63) is 64.5 Å². The summed E-state index contributed by atoms with van der Waals surface area (Å²) < 4.78 is 65.6. The first-order valence-corrected chi connectivity index (χ1v) is 6.43. The van der Waals surface area contributed by atoms with Crippen molar-refractivity contribution in [2.75, 3.05) is 5.43 Å². The van der Waals surface area contributed by atoms with Gasteiger partial charge < -0.3 is 0 Å². The van der Waals surface area contributed by atoms with E-state index < -0.39 is 40.7 Å². The Hall–Kier alpha value is -2.64. The molecule has 2 N–H and O–H groups in total. The fourth-order valence-electron chi connectivity index (χ4n) is 1.78. The van der Waals surface area contributed by atoms with Crippen molar-refractivity contribution >= 4 is 11.6 Å². The fraction of sp³-hybridized carbons (Fsp3) is 0.133. The van der Waals surface area contributed by atoms with Crippen LogP contribution in [0.2, 0.25) is 0 Å². The highest BCUT2D eigenvalue weighted by atomic mass is 19.2. The Bertz CT molecular complexity index is 718. The molecular weight excluding hydrogens is 319 g/mol. The molecule has 1 amide bonds. The monoisotopic (exact) mass is 330 g/mol. The number of rotatable bonds is 4. The van der Waals surface area contributed by atoms with Crippen LogP contribution in [-0.4, -0.2) is 5.91 Å². The lowest BCUT2D eigenvalue weighted by Gasteiger charge is -2.12. The van der Waals surface area contributed by atoms with Gasteiger partial charge in [-0.1, -0.05) is 29.8 Å². The highest BCUT2D eigenvalue weighted by Crippen LogP contribution is 2.26. The van der Waals surface area contributed by atoms with E-state index in [4.69, 9.17) is 0 Å². The average molecular weight is 330 g/mol. The number of hydrazine groups is 1. The first-order valence-electron chi connectivity index (χ1n) is 6.43. The van der Waals surface area contributed by atoms with E-state index in [1.807, 2.05) is 12.3 Å². The number of hydrogen-bond donors (Lipinski definition) is 2. The lowest BCUT2D eigenvalue weighted by Crippen LogP contribution is -2.32. The summed E-state index contributed by atoms with van der Waals surface area (Å²) >= 11 is 0.